The molecule has 2 unspecified atom stereocenters. The summed E-state index contributed by atoms with van der Waals surface area (Å²) in [7, 11) is 0. The Kier molecular flexibility index (Phi) is 4.16. The molecule has 104 valence electrons. The number of carbonyl (C=O) groups is 1. The molecular formula is C15H20ClNO2. The first kappa shape index (κ1) is 14.4. The van der Waals surface area contributed by atoms with E-state index in [-0.39, 0.29) is 6.04 Å². The summed E-state index contributed by atoms with van der Waals surface area (Å²) in [5.74, 6) is -0.725. The molecule has 0 bridgehead atoms. The van der Waals surface area contributed by atoms with E-state index in [1.165, 1.54) is 0 Å². The van der Waals surface area contributed by atoms with Crippen molar-refractivity contribution in [3.05, 3.63) is 34.9 Å². The van der Waals surface area contributed by atoms with Crippen LogP contribution in [0.1, 0.15) is 44.7 Å². The summed E-state index contributed by atoms with van der Waals surface area (Å²) in [5.41, 5.74) is 0.390. The summed E-state index contributed by atoms with van der Waals surface area (Å²) >= 11 is 5.92. The van der Waals surface area contributed by atoms with Crippen molar-refractivity contribution in [2.24, 2.45) is 0 Å². The fourth-order valence-electron chi connectivity index (χ4n) is 3.03. The summed E-state index contributed by atoms with van der Waals surface area (Å²) in [5, 5.41) is 10.2. The standard InChI is InChI=1S/C15H20ClNO2/c1-3-13(11-5-7-12(16)8-6-11)17-10-4-9-15(17,2)14(18)19/h5-8,13H,3-4,9-10H2,1-2H3,(H,18,19). The molecule has 1 aliphatic heterocycles. The molecule has 1 aliphatic rings. The highest BCUT2D eigenvalue weighted by Crippen LogP contribution is 2.38. The van der Waals surface area contributed by atoms with Gasteiger partial charge in [0, 0.05) is 11.1 Å². The zero-order valence-corrected chi connectivity index (χ0v) is 12.2. The van der Waals surface area contributed by atoms with Gasteiger partial charge in [0.25, 0.3) is 0 Å². The van der Waals surface area contributed by atoms with Crippen LogP contribution in [0.2, 0.25) is 5.02 Å². The second-order valence-corrected chi connectivity index (χ2v) is 5.79. The molecule has 1 N–H and O–H groups in total. The fraction of sp³-hybridized carbons (Fsp3) is 0.533. The molecule has 0 spiro atoms. The third-order valence-corrected chi connectivity index (χ3v) is 4.43. The van der Waals surface area contributed by atoms with Gasteiger partial charge in [-0.05, 0) is 50.4 Å². The third kappa shape index (κ3) is 2.63. The van der Waals surface area contributed by atoms with Gasteiger partial charge in [-0.15, -0.1) is 0 Å². The first-order valence-electron chi connectivity index (χ1n) is 6.74. The highest BCUT2D eigenvalue weighted by atomic mass is 35.5. The minimum absolute atomic E-state index is 0.140. The first-order valence-corrected chi connectivity index (χ1v) is 7.12. The number of halogens is 1. The molecule has 0 aliphatic carbocycles. The van der Waals surface area contributed by atoms with Gasteiger partial charge in [0.1, 0.15) is 5.54 Å². The average molecular weight is 282 g/mol. The first-order chi connectivity index (χ1) is 8.99. The number of likely N-dealkylation sites (tertiary alicyclic amines) is 1. The number of benzene rings is 1. The molecule has 1 aromatic rings. The number of aliphatic carboxylic acids is 1. The molecule has 2 atom stereocenters. The number of carboxylic acids is 1. The Morgan fingerprint density at radius 1 is 1.47 bits per heavy atom. The van der Waals surface area contributed by atoms with E-state index in [4.69, 9.17) is 11.6 Å². The van der Waals surface area contributed by atoms with Crippen molar-refractivity contribution in [3.63, 3.8) is 0 Å². The number of hydrogen-bond acceptors (Lipinski definition) is 2. The van der Waals surface area contributed by atoms with E-state index in [1.807, 2.05) is 31.2 Å². The normalized spacial score (nSPS) is 25.4. The van der Waals surface area contributed by atoms with E-state index in [1.54, 1.807) is 0 Å². The molecular weight excluding hydrogens is 262 g/mol. The van der Waals surface area contributed by atoms with Gasteiger partial charge in [0.05, 0.1) is 0 Å². The minimum atomic E-state index is -0.750. The van der Waals surface area contributed by atoms with E-state index < -0.39 is 11.5 Å². The number of rotatable bonds is 4. The van der Waals surface area contributed by atoms with Crippen molar-refractivity contribution in [1.29, 1.82) is 0 Å². The van der Waals surface area contributed by atoms with Crippen molar-refractivity contribution in [3.8, 4) is 0 Å². The summed E-state index contributed by atoms with van der Waals surface area (Å²) < 4.78 is 0. The van der Waals surface area contributed by atoms with E-state index in [0.29, 0.717) is 11.4 Å². The Morgan fingerprint density at radius 3 is 2.63 bits per heavy atom. The molecule has 1 fully saturated rings. The predicted molar refractivity (Wildman–Crippen MR) is 76.5 cm³/mol. The van der Waals surface area contributed by atoms with E-state index >= 15 is 0 Å². The van der Waals surface area contributed by atoms with Gasteiger partial charge in [-0.1, -0.05) is 30.7 Å². The summed E-state index contributed by atoms with van der Waals surface area (Å²) in [6.07, 6.45) is 2.55. The fourth-order valence-corrected chi connectivity index (χ4v) is 3.16. The van der Waals surface area contributed by atoms with Gasteiger partial charge in [-0.3, -0.25) is 9.69 Å². The largest absolute Gasteiger partial charge is 0.480 e. The van der Waals surface area contributed by atoms with Crippen LogP contribution < -0.4 is 0 Å². The summed E-state index contributed by atoms with van der Waals surface area (Å²) in [6.45, 7) is 4.77. The van der Waals surface area contributed by atoms with Gasteiger partial charge in [0.2, 0.25) is 0 Å². The quantitative estimate of drug-likeness (QED) is 0.914. The second kappa shape index (κ2) is 5.51. The van der Waals surface area contributed by atoms with Crippen molar-refractivity contribution < 1.29 is 9.90 Å². The van der Waals surface area contributed by atoms with Crippen LogP contribution in [0.4, 0.5) is 0 Å². The highest BCUT2D eigenvalue weighted by molar-refractivity contribution is 6.30. The Hall–Kier alpha value is -1.06. The lowest BCUT2D eigenvalue weighted by molar-refractivity contribution is -0.150. The lowest BCUT2D eigenvalue weighted by Gasteiger charge is -2.37. The van der Waals surface area contributed by atoms with Crippen LogP contribution in [0.15, 0.2) is 24.3 Å². The molecule has 1 aromatic carbocycles. The maximum atomic E-state index is 11.6. The van der Waals surface area contributed by atoms with Crippen LogP contribution in [0.25, 0.3) is 0 Å². The topological polar surface area (TPSA) is 40.5 Å². The Morgan fingerprint density at radius 2 is 2.11 bits per heavy atom. The van der Waals surface area contributed by atoms with Crippen LogP contribution in [0.3, 0.4) is 0 Å². The van der Waals surface area contributed by atoms with E-state index in [9.17, 15) is 9.90 Å². The molecule has 0 saturated carbocycles. The predicted octanol–water partition coefficient (Wildman–Crippen LogP) is 3.73. The molecule has 4 heteroatoms. The van der Waals surface area contributed by atoms with Gasteiger partial charge >= 0.3 is 5.97 Å². The zero-order valence-electron chi connectivity index (χ0n) is 11.4. The van der Waals surface area contributed by atoms with Crippen molar-refractivity contribution in [2.75, 3.05) is 6.54 Å². The van der Waals surface area contributed by atoms with Crippen LogP contribution in [0, 0.1) is 0 Å². The van der Waals surface area contributed by atoms with Crippen LogP contribution in [-0.4, -0.2) is 28.1 Å². The molecule has 0 amide bonds. The Bertz CT molecular complexity index is 460. The monoisotopic (exact) mass is 281 g/mol. The number of nitrogens with zero attached hydrogens (tertiary/aromatic N) is 1. The van der Waals surface area contributed by atoms with Gasteiger partial charge in [0.15, 0.2) is 0 Å². The molecule has 0 radical (unpaired) electrons. The third-order valence-electron chi connectivity index (χ3n) is 4.17. The lowest BCUT2D eigenvalue weighted by atomic mass is 9.94. The molecule has 19 heavy (non-hydrogen) atoms. The highest BCUT2D eigenvalue weighted by Gasteiger charge is 2.46. The zero-order chi connectivity index (χ0) is 14.0. The van der Waals surface area contributed by atoms with Crippen LogP contribution in [0.5, 0.6) is 0 Å². The Labute approximate surface area is 119 Å². The van der Waals surface area contributed by atoms with Crippen molar-refractivity contribution >= 4 is 17.6 Å². The van der Waals surface area contributed by atoms with Gasteiger partial charge < -0.3 is 5.11 Å². The second-order valence-electron chi connectivity index (χ2n) is 5.35. The van der Waals surface area contributed by atoms with Crippen molar-refractivity contribution in [1.82, 2.24) is 4.90 Å². The smallest absolute Gasteiger partial charge is 0.323 e. The molecule has 2 rings (SSSR count). The van der Waals surface area contributed by atoms with Gasteiger partial charge in [-0.2, -0.15) is 0 Å². The maximum Gasteiger partial charge on any atom is 0.323 e. The van der Waals surface area contributed by atoms with Crippen molar-refractivity contribution in [2.45, 2.75) is 44.7 Å². The number of hydrogen-bond donors (Lipinski definition) is 1. The molecule has 3 nitrogen and oxygen atoms in total. The van der Waals surface area contributed by atoms with Crippen LogP contribution in [-0.2, 0) is 4.79 Å². The Balaban J connectivity index is 2.31. The number of carboxylic acid groups (broad SMARTS) is 1. The molecule has 1 heterocycles. The average Bonchev–Trinajstić information content (AvgIpc) is 2.77. The van der Waals surface area contributed by atoms with E-state index in [0.717, 1.165) is 24.9 Å². The minimum Gasteiger partial charge on any atom is -0.480 e. The maximum absolute atomic E-state index is 11.6. The lowest BCUT2D eigenvalue weighted by Crippen LogP contribution is -2.49. The summed E-state index contributed by atoms with van der Waals surface area (Å²) in [6, 6.07) is 7.87. The van der Waals surface area contributed by atoms with Gasteiger partial charge in [-0.25, -0.2) is 0 Å². The summed E-state index contributed by atoms with van der Waals surface area (Å²) in [4.78, 5) is 13.7. The molecule has 0 aromatic heterocycles. The SMILES string of the molecule is CCC(c1ccc(Cl)cc1)N1CCCC1(C)C(=O)O. The van der Waals surface area contributed by atoms with Crippen LogP contribution >= 0.6 is 11.6 Å². The van der Waals surface area contributed by atoms with E-state index in [2.05, 4.69) is 11.8 Å². The molecule has 1 saturated heterocycles.